The van der Waals surface area contributed by atoms with Gasteiger partial charge in [0.2, 0.25) is 5.78 Å². The zero-order valence-electron chi connectivity index (χ0n) is 10.0. The van der Waals surface area contributed by atoms with E-state index in [1.54, 1.807) is 36.4 Å². The van der Waals surface area contributed by atoms with Gasteiger partial charge in [0, 0.05) is 5.56 Å². The highest BCUT2D eigenvalue weighted by Gasteiger charge is 2.11. The first kappa shape index (κ1) is 12.7. The van der Waals surface area contributed by atoms with Crippen molar-refractivity contribution in [2.75, 3.05) is 0 Å². The van der Waals surface area contributed by atoms with Crippen LogP contribution < -0.4 is 0 Å². The number of carbonyl (C=O) groups is 1. The van der Waals surface area contributed by atoms with Crippen LogP contribution in [0.2, 0.25) is 0 Å². The summed E-state index contributed by atoms with van der Waals surface area (Å²) in [5, 5.41) is 9.06. The number of carbonyl (C=O) groups excluding carboxylic acids is 1. The Hall–Kier alpha value is -2.73. The fourth-order valence-electron chi connectivity index (χ4n) is 1.66. The molecule has 0 atom stereocenters. The van der Waals surface area contributed by atoms with Gasteiger partial charge in [-0.2, -0.15) is 5.26 Å². The first-order valence-electron chi connectivity index (χ1n) is 5.68. The summed E-state index contributed by atoms with van der Waals surface area (Å²) in [6, 6.07) is 16.1. The molecule has 0 saturated heterocycles. The van der Waals surface area contributed by atoms with Crippen molar-refractivity contribution < 1.29 is 9.18 Å². The van der Waals surface area contributed by atoms with Gasteiger partial charge in [-0.3, -0.25) is 4.79 Å². The van der Waals surface area contributed by atoms with Crippen LogP contribution in [-0.2, 0) is 0 Å². The molecular weight excluding hydrogens is 241 g/mol. The van der Waals surface area contributed by atoms with Gasteiger partial charge in [0.05, 0.1) is 0 Å². The van der Waals surface area contributed by atoms with Crippen molar-refractivity contribution >= 4 is 11.9 Å². The lowest BCUT2D eigenvalue weighted by Crippen LogP contribution is -2.01. The van der Waals surface area contributed by atoms with E-state index in [1.807, 2.05) is 6.07 Å². The highest BCUT2D eigenvalue weighted by Crippen LogP contribution is 2.13. The fourth-order valence-corrected chi connectivity index (χ4v) is 1.66. The van der Waals surface area contributed by atoms with E-state index in [0.29, 0.717) is 11.1 Å². The third-order valence-corrected chi connectivity index (χ3v) is 2.56. The molecule has 2 nitrogen and oxygen atoms in total. The summed E-state index contributed by atoms with van der Waals surface area (Å²) in [5.41, 5.74) is 0.907. The molecule has 0 bridgehead atoms. The second-order valence-electron chi connectivity index (χ2n) is 3.92. The summed E-state index contributed by atoms with van der Waals surface area (Å²) < 4.78 is 13.0. The Bertz CT molecular complexity index is 669. The van der Waals surface area contributed by atoms with Crippen LogP contribution in [0.25, 0.3) is 6.08 Å². The van der Waals surface area contributed by atoms with E-state index in [1.165, 1.54) is 24.3 Å². The average Bonchev–Trinajstić information content (AvgIpc) is 2.45. The number of benzene rings is 2. The van der Waals surface area contributed by atoms with Crippen molar-refractivity contribution in [3.63, 3.8) is 0 Å². The zero-order chi connectivity index (χ0) is 13.7. The van der Waals surface area contributed by atoms with Crippen molar-refractivity contribution in [3.8, 4) is 6.07 Å². The molecule has 0 aromatic heterocycles. The molecular formula is C16H10FNO. The Kier molecular flexibility index (Phi) is 3.84. The van der Waals surface area contributed by atoms with Crippen LogP contribution in [0.1, 0.15) is 15.9 Å². The Balaban J connectivity index is 2.36. The fraction of sp³-hybridized carbons (Fsp3) is 0. The van der Waals surface area contributed by atoms with Crippen LogP contribution in [0.15, 0.2) is 60.2 Å². The maximum absolute atomic E-state index is 13.0. The van der Waals surface area contributed by atoms with Gasteiger partial charge in [0.15, 0.2) is 0 Å². The molecule has 92 valence electrons. The lowest BCUT2D eigenvalue weighted by Gasteiger charge is -1.99. The molecule has 19 heavy (non-hydrogen) atoms. The summed E-state index contributed by atoms with van der Waals surface area (Å²) in [4.78, 5) is 12.1. The Morgan fingerprint density at radius 1 is 1.11 bits per heavy atom. The quantitative estimate of drug-likeness (QED) is 0.475. The Morgan fingerprint density at radius 3 is 2.47 bits per heavy atom. The van der Waals surface area contributed by atoms with Gasteiger partial charge in [-0.05, 0) is 23.8 Å². The summed E-state index contributed by atoms with van der Waals surface area (Å²) in [6.45, 7) is 0. The van der Waals surface area contributed by atoms with Crippen LogP contribution in [-0.4, -0.2) is 5.78 Å². The molecule has 0 fully saturated rings. The van der Waals surface area contributed by atoms with Gasteiger partial charge in [-0.1, -0.05) is 42.5 Å². The SMILES string of the molecule is N#C/C(=C\c1cccc(F)c1)C(=O)c1ccccc1. The lowest BCUT2D eigenvalue weighted by molar-refractivity contribution is 0.104. The maximum Gasteiger partial charge on any atom is 0.203 e. The standard InChI is InChI=1S/C16H10FNO/c17-15-8-4-5-12(10-15)9-14(11-18)16(19)13-6-2-1-3-7-13/h1-10H/b14-9+. The number of nitriles is 1. The molecule has 3 heteroatoms. The van der Waals surface area contributed by atoms with Crippen LogP contribution >= 0.6 is 0 Å². The highest BCUT2D eigenvalue weighted by molar-refractivity contribution is 6.13. The molecule has 0 spiro atoms. The number of allylic oxidation sites excluding steroid dienone is 1. The Morgan fingerprint density at radius 2 is 1.84 bits per heavy atom. The molecule has 0 radical (unpaired) electrons. The van der Waals surface area contributed by atoms with Crippen molar-refractivity contribution in [2.24, 2.45) is 0 Å². The van der Waals surface area contributed by atoms with Crippen LogP contribution in [0.3, 0.4) is 0 Å². The van der Waals surface area contributed by atoms with Gasteiger partial charge >= 0.3 is 0 Å². The van der Waals surface area contributed by atoms with Crippen molar-refractivity contribution in [1.29, 1.82) is 5.26 Å². The van der Waals surface area contributed by atoms with Gasteiger partial charge in [-0.15, -0.1) is 0 Å². The van der Waals surface area contributed by atoms with Gasteiger partial charge in [0.25, 0.3) is 0 Å². The third kappa shape index (κ3) is 3.14. The predicted molar refractivity (Wildman–Crippen MR) is 70.8 cm³/mol. The van der Waals surface area contributed by atoms with E-state index >= 15 is 0 Å². The number of halogens is 1. The lowest BCUT2D eigenvalue weighted by atomic mass is 10.0. The first-order chi connectivity index (χ1) is 9.20. The number of hydrogen-bond acceptors (Lipinski definition) is 2. The molecule has 0 N–H and O–H groups in total. The predicted octanol–water partition coefficient (Wildman–Crippen LogP) is 3.62. The molecule has 0 heterocycles. The number of ketones is 1. The summed E-state index contributed by atoms with van der Waals surface area (Å²) in [7, 11) is 0. The highest BCUT2D eigenvalue weighted by atomic mass is 19.1. The van der Waals surface area contributed by atoms with Gasteiger partial charge < -0.3 is 0 Å². The second-order valence-corrected chi connectivity index (χ2v) is 3.92. The minimum absolute atomic E-state index is 0.0169. The topological polar surface area (TPSA) is 40.9 Å². The first-order valence-corrected chi connectivity index (χ1v) is 5.68. The molecule has 2 rings (SSSR count). The number of rotatable bonds is 3. The normalized spacial score (nSPS) is 10.8. The largest absolute Gasteiger partial charge is 0.288 e. The van der Waals surface area contributed by atoms with E-state index in [-0.39, 0.29) is 11.4 Å². The monoisotopic (exact) mass is 251 g/mol. The van der Waals surface area contributed by atoms with Crippen molar-refractivity contribution in [3.05, 3.63) is 77.1 Å². The number of nitrogens with zero attached hydrogens (tertiary/aromatic N) is 1. The number of hydrogen-bond donors (Lipinski definition) is 0. The Labute approximate surface area is 110 Å². The minimum atomic E-state index is -0.404. The summed E-state index contributed by atoms with van der Waals surface area (Å²) >= 11 is 0. The molecule has 0 aliphatic heterocycles. The molecule has 0 aliphatic rings. The third-order valence-electron chi connectivity index (χ3n) is 2.56. The molecule has 0 saturated carbocycles. The average molecular weight is 251 g/mol. The van der Waals surface area contributed by atoms with Crippen molar-refractivity contribution in [2.45, 2.75) is 0 Å². The van der Waals surface area contributed by atoms with Gasteiger partial charge in [-0.25, -0.2) is 4.39 Å². The maximum atomic E-state index is 13.0. The zero-order valence-corrected chi connectivity index (χ0v) is 10.0. The molecule has 0 amide bonds. The van der Waals surface area contributed by atoms with Gasteiger partial charge in [0.1, 0.15) is 17.5 Å². The van der Waals surface area contributed by atoms with Crippen molar-refractivity contribution in [1.82, 2.24) is 0 Å². The van der Waals surface area contributed by atoms with E-state index in [0.717, 1.165) is 0 Å². The number of Topliss-reactive ketones (excluding diaryl/α,β-unsaturated/α-hetero) is 1. The molecule has 0 aliphatic carbocycles. The van der Waals surface area contributed by atoms with E-state index in [4.69, 9.17) is 5.26 Å². The molecule has 2 aromatic rings. The van der Waals surface area contributed by atoms with E-state index in [9.17, 15) is 9.18 Å². The van der Waals surface area contributed by atoms with Crippen LogP contribution in [0.5, 0.6) is 0 Å². The summed E-state index contributed by atoms with van der Waals surface area (Å²) in [6.07, 6.45) is 1.39. The van der Waals surface area contributed by atoms with Crippen LogP contribution in [0, 0.1) is 17.1 Å². The molecule has 0 unspecified atom stereocenters. The van der Waals surface area contributed by atoms with E-state index < -0.39 is 5.82 Å². The second kappa shape index (κ2) is 5.74. The molecule has 2 aromatic carbocycles. The summed E-state index contributed by atoms with van der Waals surface area (Å²) in [5.74, 6) is -0.773. The van der Waals surface area contributed by atoms with Crippen LogP contribution in [0.4, 0.5) is 4.39 Å². The minimum Gasteiger partial charge on any atom is -0.288 e. The smallest absolute Gasteiger partial charge is 0.203 e. The van der Waals surface area contributed by atoms with E-state index in [2.05, 4.69) is 0 Å².